The molecule has 0 fully saturated rings. The first kappa shape index (κ1) is 31.5. The average molecular weight is 547 g/mol. The van der Waals surface area contributed by atoms with Gasteiger partial charge in [-0.15, -0.1) is 0 Å². The molecule has 0 amide bonds. The third kappa shape index (κ3) is 9.89. The van der Waals surface area contributed by atoms with Gasteiger partial charge in [-0.2, -0.15) is 0 Å². The van der Waals surface area contributed by atoms with Crippen LogP contribution in [0.4, 0.5) is 0 Å². The number of aromatic hydroxyl groups is 2. The monoisotopic (exact) mass is 546 g/mol. The minimum Gasteiger partial charge on any atom is -0.508 e. The Bertz CT molecular complexity index is 1110. The Morgan fingerprint density at radius 2 is 1.18 bits per heavy atom. The third-order valence-electron chi connectivity index (χ3n) is 7.73. The van der Waals surface area contributed by atoms with E-state index in [9.17, 15) is 15.3 Å². The number of phenolic OH excluding ortho intramolecular Hbond substituents is 2. The van der Waals surface area contributed by atoms with E-state index in [1.165, 1.54) is 89.5 Å². The maximum Gasteiger partial charge on any atom is 0.131 e. The van der Waals surface area contributed by atoms with E-state index in [0.29, 0.717) is 28.9 Å². The highest BCUT2D eigenvalue weighted by Crippen LogP contribution is 2.47. The lowest BCUT2D eigenvalue weighted by atomic mass is 9.90. The fourth-order valence-corrected chi connectivity index (χ4v) is 5.43. The largest absolute Gasteiger partial charge is 0.508 e. The summed E-state index contributed by atoms with van der Waals surface area (Å²) < 4.78 is 5.97. The first-order chi connectivity index (χ1) is 19.5. The molecule has 0 aliphatic carbocycles. The van der Waals surface area contributed by atoms with Gasteiger partial charge in [-0.05, 0) is 42.7 Å². The molecule has 3 N–H and O–H groups in total. The van der Waals surface area contributed by atoms with Crippen LogP contribution in [0, 0.1) is 0 Å². The molecular formula is C36H50O4. The van der Waals surface area contributed by atoms with Crippen LogP contribution in [-0.4, -0.2) is 21.9 Å². The zero-order chi connectivity index (χ0) is 28.6. The summed E-state index contributed by atoms with van der Waals surface area (Å²) in [5, 5.41) is 32.4. The second-order valence-electron chi connectivity index (χ2n) is 11.1. The molecule has 0 aliphatic heterocycles. The molecule has 1 atom stereocenters. The summed E-state index contributed by atoms with van der Waals surface area (Å²) in [6.07, 6.45) is 17.8. The van der Waals surface area contributed by atoms with Crippen molar-refractivity contribution in [3.05, 3.63) is 66.2 Å². The Hall–Kier alpha value is -2.98. The number of benzene rings is 3. The van der Waals surface area contributed by atoms with Gasteiger partial charge in [0, 0.05) is 16.7 Å². The molecule has 218 valence electrons. The minimum atomic E-state index is -0.943. The molecule has 0 saturated carbocycles. The lowest BCUT2D eigenvalue weighted by Gasteiger charge is -2.19. The fourth-order valence-electron chi connectivity index (χ4n) is 5.43. The smallest absolute Gasteiger partial charge is 0.131 e. The van der Waals surface area contributed by atoms with E-state index in [4.69, 9.17) is 4.74 Å². The van der Waals surface area contributed by atoms with Crippen molar-refractivity contribution in [2.45, 2.75) is 110 Å². The van der Waals surface area contributed by atoms with Crippen molar-refractivity contribution >= 4 is 0 Å². The number of ether oxygens (including phenoxy) is 1. The van der Waals surface area contributed by atoms with Crippen molar-refractivity contribution in [1.82, 2.24) is 0 Å². The van der Waals surface area contributed by atoms with E-state index in [2.05, 4.69) is 6.92 Å². The first-order valence-electron chi connectivity index (χ1n) is 15.6. The van der Waals surface area contributed by atoms with Gasteiger partial charge in [-0.25, -0.2) is 0 Å². The van der Waals surface area contributed by atoms with Crippen molar-refractivity contribution in [3.63, 3.8) is 0 Å². The summed E-state index contributed by atoms with van der Waals surface area (Å²) in [6, 6.07) is 18.5. The van der Waals surface area contributed by atoms with Crippen LogP contribution in [0.3, 0.4) is 0 Å². The van der Waals surface area contributed by atoms with Crippen molar-refractivity contribution < 1.29 is 20.1 Å². The average Bonchev–Trinajstić information content (AvgIpc) is 2.96. The molecule has 3 aromatic carbocycles. The number of rotatable bonds is 19. The van der Waals surface area contributed by atoms with Crippen LogP contribution in [0.5, 0.6) is 17.2 Å². The van der Waals surface area contributed by atoms with Crippen molar-refractivity contribution in [2.75, 3.05) is 6.61 Å². The van der Waals surface area contributed by atoms with Crippen molar-refractivity contribution in [3.8, 4) is 39.5 Å². The molecule has 0 heterocycles. The van der Waals surface area contributed by atoms with Crippen molar-refractivity contribution in [2.24, 2.45) is 0 Å². The molecule has 3 aromatic rings. The lowest BCUT2D eigenvalue weighted by molar-refractivity contribution is 0.195. The van der Waals surface area contributed by atoms with Gasteiger partial charge >= 0.3 is 0 Å². The second kappa shape index (κ2) is 17.7. The SMILES string of the molecule is CCCCCCCCCCCCCCCCOc1ccc(-c2c(O)c(-c3ccccc3)cc(O)c2C(C)O)cc1. The van der Waals surface area contributed by atoms with Gasteiger partial charge in [0.2, 0.25) is 0 Å². The lowest BCUT2D eigenvalue weighted by Crippen LogP contribution is -1.99. The molecule has 0 spiro atoms. The van der Waals surface area contributed by atoms with Crippen LogP contribution in [0.15, 0.2) is 60.7 Å². The van der Waals surface area contributed by atoms with Gasteiger partial charge < -0.3 is 20.1 Å². The summed E-state index contributed by atoms with van der Waals surface area (Å²) in [5.41, 5.74) is 2.78. The summed E-state index contributed by atoms with van der Waals surface area (Å²) in [7, 11) is 0. The second-order valence-corrected chi connectivity index (χ2v) is 11.1. The van der Waals surface area contributed by atoms with Gasteiger partial charge in [-0.1, -0.05) is 133 Å². The van der Waals surface area contributed by atoms with Crippen LogP contribution < -0.4 is 4.74 Å². The van der Waals surface area contributed by atoms with E-state index in [-0.39, 0.29) is 11.5 Å². The van der Waals surface area contributed by atoms with Crippen LogP contribution in [0.25, 0.3) is 22.3 Å². The quantitative estimate of drug-likeness (QED) is 0.103. The molecule has 0 aliphatic rings. The molecular weight excluding hydrogens is 496 g/mol. The molecule has 0 aromatic heterocycles. The van der Waals surface area contributed by atoms with E-state index in [0.717, 1.165) is 17.7 Å². The maximum atomic E-state index is 11.2. The van der Waals surface area contributed by atoms with Gasteiger partial charge in [0.25, 0.3) is 0 Å². The molecule has 40 heavy (non-hydrogen) atoms. The summed E-state index contributed by atoms with van der Waals surface area (Å²) in [6.45, 7) is 4.55. The maximum absolute atomic E-state index is 11.2. The Morgan fingerprint density at radius 1 is 0.650 bits per heavy atom. The van der Waals surface area contributed by atoms with Crippen LogP contribution in [-0.2, 0) is 0 Å². The number of unbranched alkanes of at least 4 members (excludes halogenated alkanes) is 13. The topological polar surface area (TPSA) is 69.9 Å². The van der Waals surface area contributed by atoms with E-state index in [1.807, 2.05) is 54.6 Å². The minimum absolute atomic E-state index is 0.0379. The number of hydrogen-bond acceptors (Lipinski definition) is 4. The Morgan fingerprint density at radius 3 is 1.70 bits per heavy atom. The Kier molecular flexibility index (Phi) is 13.9. The predicted octanol–water partition coefficient (Wildman–Crippen LogP) is 10.3. The zero-order valence-corrected chi connectivity index (χ0v) is 24.7. The molecule has 0 saturated heterocycles. The van der Waals surface area contributed by atoms with Crippen LogP contribution in [0.1, 0.15) is 115 Å². The fraction of sp³-hybridized carbons (Fsp3) is 0.500. The summed E-state index contributed by atoms with van der Waals surface area (Å²) in [5.74, 6) is 0.774. The predicted molar refractivity (Wildman–Crippen MR) is 167 cm³/mol. The van der Waals surface area contributed by atoms with Crippen molar-refractivity contribution in [1.29, 1.82) is 0 Å². The highest BCUT2D eigenvalue weighted by molar-refractivity contribution is 5.86. The first-order valence-corrected chi connectivity index (χ1v) is 15.6. The van der Waals surface area contributed by atoms with Crippen LogP contribution >= 0.6 is 0 Å². The zero-order valence-electron chi connectivity index (χ0n) is 24.7. The van der Waals surface area contributed by atoms with Crippen LogP contribution in [0.2, 0.25) is 0 Å². The standard InChI is InChI=1S/C36H50O4/c1-3-4-5-6-7-8-9-10-11-12-13-14-15-19-26-40-31-24-22-30(23-25-31)35-34(28(2)37)33(38)27-32(36(35)39)29-20-17-16-18-21-29/h16-18,20-25,27-28,37-39H,3-15,19,26H2,1-2H3. The molecule has 0 bridgehead atoms. The highest BCUT2D eigenvalue weighted by Gasteiger charge is 2.22. The molecule has 1 unspecified atom stereocenters. The Balaban J connectivity index is 1.42. The summed E-state index contributed by atoms with van der Waals surface area (Å²) in [4.78, 5) is 0. The summed E-state index contributed by atoms with van der Waals surface area (Å²) >= 11 is 0. The number of hydrogen-bond donors (Lipinski definition) is 3. The van der Waals surface area contributed by atoms with Gasteiger partial charge in [0.15, 0.2) is 0 Å². The molecule has 4 nitrogen and oxygen atoms in total. The van der Waals surface area contributed by atoms with Gasteiger partial charge in [0.05, 0.1) is 12.7 Å². The number of aliphatic hydroxyl groups excluding tert-OH is 1. The van der Waals surface area contributed by atoms with Gasteiger partial charge in [0.1, 0.15) is 17.2 Å². The number of phenols is 2. The molecule has 3 rings (SSSR count). The normalized spacial score (nSPS) is 12.0. The van der Waals surface area contributed by atoms with E-state index < -0.39 is 6.10 Å². The molecule has 0 radical (unpaired) electrons. The van der Waals surface area contributed by atoms with Gasteiger partial charge in [-0.3, -0.25) is 0 Å². The third-order valence-corrected chi connectivity index (χ3v) is 7.73. The number of aliphatic hydroxyl groups is 1. The van der Waals surface area contributed by atoms with E-state index >= 15 is 0 Å². The van der Waals surface area contributed by atoms with E-state index in [1.54, 1.807) is 6.92 Å². The molecule has 4 heteroatoms. The Labute approximate surface area is 242 Å². The highest BCUT2D eigenvalue weighted by atomic mass is 16.5.